The highest BCUT2D eigenvalue weighted by atomic mass is 79.9. The maximum Gasteiger partial charge on any atom is 0.170 e. The van der Waals surface area contributed by atoms with Crippen molar-refractivity contribution in [1.29, 1.82) is 0 Å². The molecule has 0 spiro atoms. The highest BCUT2D eigenvalue weighted by molar-refractivity contribution is 9.10. The second-order valence-corrected chi connectivity index (χ2v) is 5.41. The minimum absolute atomic E-state index is 0.661. The van der Waals surface area contributed by atoms with E-state index < -0.39 is 0 Å². The largest absolute Gasteiger partial charge is 0.361 e. The van der Waals surface area contributed by atoms with Crippen molar-refractivity contribution in [3.63, 3.8) is 0 Å². The monoisotopic (exact) mass is 315 g/mol. The van der Waals surface area contributed by atoms with E-state index in [9.17, 15) is 0 Å². The summed E-state index contributed by atoms with van der Waals surface area (Å²) in [6.07, 6.45) is 0. The van der Waals surface area contributed by atoms with Gasteiger partial charge < -0.3 is 15.5 Å². The molecule has 0 atom stereocenters. The van der Waals surface area contributed by atoms with Gasteiger partial charge in [0.2, 0.25) is 0 Å². The molecule has 1 aromatic carbocycles. The van der Waals surface area contributed by atoms with Crippen molar-refractivity contribution in [2.24, 2.45) is 0 Å². The maximum atomic E-state index is 5.21. The molecule has 0 aromatic heterocycles. The smallest absolute Gasteiger partial charge is 0.170 e. The minimum Gasteiger partial charge on any atom is -0.361 e. The van der Waals surface area contributed by atoms with Gasteiger partial charge in [-0.3, -0.25) is 0 Å². The summed E-state index contributed by atoms with van der Waals surface area (Å²) in [7, 11) is 4.08. The summed E-state index contributed by atoms with van der Waals surface area (Å²) in [5.41, 5.74) is 2.19. The van der Waals surface area contributed by atoms with Crippen LogP contribution in [0.1, 0.15) is 5.56 Å². The van der Waals surface area contributed by atoms with Crippen LogP contribution in [0.5, 0.6) is 0 Å². The minimum atomic E-state index is 0.661. The average Bonchev–Trinajstić information content (AvgIpc) is 2.23. The van der Waals surface area contributed by atoms with Crippen molar-refractivity contribution >= 4 is 38.9 Å². The molecule has 0 saturated heterocycles. The Bertz CT molecular complexity index is 393. The third-order valence-electron chi connectivity index (χ3n) is 2.26. The van der Waals surface area contributed by atoms with Gasteiger partial charge in [-0.1, -0.05) is 15.9 Å². The zero-order valence-electron chi connectivity index (χ0n) is 10.4. The van der Waals surface area contributed by atoms with Gasteiger partial charge in [0, 0.05) is 23.2 Å². The van der Waals surface area contributed by atoms with Crippen LogP contribution in [-0.2, 0) is 0 Å². The molecule has 94 valence electrons. The Morgan fingerprint density at radius 3 is 2.71 bits per heavy atom. The van der Waals surface area contributed by atoms with E-state index >= 15 is 0 Å². The quantitative estimate of drug-likeness (QED) is 0.835. The van der Waals surface area contributed by atoms with Crippen LogP contribution in [0, 0.1) is 6.92 Å². The normalized spacial score (nSPS) is 10.4. The molecule has 2 N–H and O–H groups in total. The van der Waals surface area contributed by atoms with Gasteiger partial charge >= 0.3 is 0 Å². The molecule has 17 heavy (non-hydrogen) atoms. The molecule has 0 amide bonds. The number of rotatable bonds is 4. The number of halogens is 1. The molecular formula is C12H18BrN3S. The van der Waals surface area contributed by atoms with E-state index in [4.69, 9.17) is 12.2 Å². The molecular weight excluding hydrogens is 298 g/mol. The summed E-state index contributed by atoms with van der Waals surface area (Å²) in [5, 5.41) is 6.99. The van der Waals surface area contributed by atoms with Gasteiger partial charge in [0.15, 0.2) is 5.11 Å². The lowest BCUT2D eigenvalue weighted by molar-refractivity contribution is 0.413. The summed E-state index contributed by atoms with van der Waals surface area (Å²) < 4.78 is 1.11. The third-order valence-corrected chi connectivity index (χ3v) is 3.40. The van der Waals surface area contributed by atoms with Crippen LogP contribution >= 0.6 is 28.1 Å². The van der Waals surface area contributed by atoms with Crippen LogP contribution in [-0.4, -0.2) is 37.2 Å². The zero-order chi connectivity index (χ0) is 12.8. The van der Waals surface area contributed by atoms with Crippen LogP contribution in [0.25, 0.3) is 0 Å². The van der Waals surface area contributed by atoms with Crippen LogP contribution in [0.3, 0.4) is 0 Å². The third kappa shape index (κ3) is 5.48. The fraction of sp³-hybridized carbons (Fsp3) is 0.417. The number of nitrogens with zero attached hydrogens (tertiary/aromatic N) is 1. The lowest BCUT2D eigenvalue weighted by atomic mass is 10.2. The molecule has 0 aliphatic heterocycles. The Morgan fingerprint density at radius 1 is 1.41 bits per heavy atom. The van der Waals surface area contributed by atoms with Crippen molar-refractivity contribution in [1.82, 2.24) is 10.2 Å². The molecule has 0 aliphatic carbocycles. The molecule has 0 heterocycles. The maximum absolute atomic E-state index is 5.21. The van der Waals surface area contributed by atoms with E-state index in [2.05, 4.69) is 44.5 Å². The molecule has 0 unspecified atom stereocenters. The van der Waals surface area contributed by atoms with Crippen LogP contribution in [0.4, 0.5) is 5.69 Å². The number of aryl methyl sites for hydroxylation is 1. The second-order valence-electron chi connectivity index (χ2n) is 4.15. The lowest BCUT2D eigenvalue weighted by Gasteiger charge is -2.13. The standard InChI is InChI=1S/C12H18BrN3S/c1-9-8-10(4-5-11(9)13)15-12(17)14-6-7-16(2)3/h4-5,8H,6-7H2,1-3H3,(H2,14,15,17). The Hall–Kier alpha value is -0.650. The summed E-state index contributed by atoms with van der Waals surface area (Å²) >= 11 is 8.68. The van der Waals surface area contributed by atoms with Crippen LogP contribution in [0.2, 0.25) is 0 Å². The molecule has 5 heteroatoms. The first kappa shape index (κ1) is 14.4. The molecule has 1 aromatic rings. The number of thiocarbonyl (C=S) groups is 1. The Labute approximate surface area is 117 Å². The van der Waals surface area contributed by atoms with E-state index in [-0.39, 0.29) is 0 Å². The molecule has 0 aliphatic rings. The number of hydrogen-bond acceptors (Lipinski definition) is 2. The number of nitrogens with one attached hydrogen (secondary N) is 2. The number of benzene rings is 1. The molecule has 0 saturated carbocycles. The van der Waals surface area contributed by atoms with Gasteiger partial charge in [0.1, 0.15) is 0 Å². The number of anilines is 1. The lowest BCUT2D eigenvalue weighted by Crippen LogP contribution is -2.34. The van der Waals surface area contributed by atoms with Crippen molar-refractivity contribution in [2.75, 3.05) is 32.5 Å². The summed E-state index contributed by atoms with van der Waals surface area (Å²) in [6, 6.07) is 6.07. The van der Waals surface area contributed by atoms with E-state index in [1.54, 1.807) is 0 Å². The van der Waals surface area contributed by atoms with Gasteiger partial charge in [-0.15, -0.1) is 0 Å². The van der Waals surface area contributed by atoms with Crippen molar-refractivity contribution in [3.05, 3.63) is 28.2 Å². The van der Waals surface area contributed by atoms with E-state index in [0.717, 1.165) is 23.2 Å². The van der Waals surface area contributed by atoms with Crippen LogP contribution in [0.15, 0.2) is 22.7 Å². The highest BCUT2D eigenvalue weighted by Crippen LogP contribution is 2.19. The van der Waals surface area contributed by atoms with Gasteiger partial charge in [-0.25, -0.2) is 0 Å². The highest BCUT2D eigenvalue weighted by Gasteiger charge is 2.00. The molecule has 0 fully saturated rings. The SMILES string of the molecule is Cc1cc(NC(=S)NCCN(C)C)ccc1Br. The van der Waals surface area contributed by atoms with E-state index in [1.807, 2.05) is 26.2 Å². The second kappa shape index (κ2) is 6.93. The van der Waals surface area contributed by atoms with Crippen molar-refractivity contribution in [2.45, 2.75) is 6.92 Å². The van der Waals surface area contributed by atoms with Crippen LogP contribution < -0.4 is 10.6 Å². The van der Waals surface area contributed by atoms with E-state index in [0.29, 0.717) is 5.11 Å². The summed E-state index contributed by atoms with van der Waals surface area (Å²) in [6.45, 7) is 3.85. The number of likely N-dealkylation sites (N-methyl/N-ethyl adjacent to an activating group) is 1. The van der Waals surface area contributed by atoms with Crippen molar-refractivity contribution < 1.29 is 0 Å². The van der Waals surface area contributed by atoms with Gasteiger partial charge in [-0.05, 0) is 57.0 Å². The van der Waals surface area contributed by atoms with Gasteiger partial charge in [0.25, 0.3) is 0 Å². The number of hydrogen-bond donors (Lipinski definition) is 2. The Morgan fingerprint density at radius 2 is 2.12 bits per heavy atom. The van der Waals surface area contributed by atoms with Gasteiger partial charge in [0.05, 0.1) is 0 Å². The first-order chi connectivity index (χ1) is 7.99. The summed E-state index contributed by atoms with van der Waals surface area (Å²) in [4.78, 5) is 2.11. The fourth-order valence-corrected chi connectivity index (χ4v) is 1.76. The van der Waals surface area contributed by atoms with E-state index in [1.165, 1.54) is 5.56 Å². The zero-order valence-corrected chi connectivity index (χ0v) is 12.8. The molecule has 0 radical (unpaired) electrons. The Balaban J connectivity index is 2.42. The van der Waals surface area contributed by atoms with Crippen molar-refractivity contribution in [3.8, 4) is 0 Å². The molecule has 0 bridgehead atoms. The molecule has 1 rings (SSSR count). The molecule has 3 nitrogen and oxygen atoms in total. The van der Waals surface area contributed by atoms with Gasteiger partial charge in [-0.2, -0.15) is 0 Å². The average molecular weight is 316 g/mol. The first-order valence-electron chi connectivity index (χ1n) is 5.45. The first-order valence-corrected chi connectivity index (χ1v) is 6.65. The summed E-state index contributed by atoms with van der Waals surface area (Å²) in [5.74, 6) is 0. The predicted molar refractivity (Wildman–Crippen MR) is 81.7 cm³/mol. The fourth-order valence-electron chi connectivity index (χ4n) is 1.29. The topological polar surface area (TPSA) is 27.3 Å². The Kier molecular flexibility index (Phi) is 5.88. The predicted octanol–water partition coefficient (Wildman–Crippen LogP) is 2.61.